The standard InChI is InChI=1S/C20H18N2O4/c1-10-4-9-15-16(20(25)26)19(24)18(22-17(15)11(10)2)13-5-7-14(8-6-13)21-12(3)23/h4-9,24H,1-3H3,(H,21,23)(H,25,26). The molecule has 0 aliphatic heterocycles. The van der Waals surface area contributed by atoms with Crippen molar-refractivity contribution in [2.45, 2.75) is 20.8 Å². The molecule has 0 spiro atoms. The number of aryl methyl sites for hydroxylation is 2. The molecule has 0 unspecified atom stereocenters. The van der Waals surface area contributed by atoms with E-state index in [1.165, 1.54) is 6.92 Å². The number of carbonyl (C=O) groups excluding carboxylic acids is 1. The largest absolute Gasteiger partial charge is 0.505 e. The number of rotatable bonds is 3. The minimum absolute atomic E-state index is 0.168. The number of aromatic hydroxyl groups is 1. The zero-order valence-electron chi connectivity index (χ0n) is 14.6. The lowest BCUT2D eigenvalue weighted by molar-refractivity contribution is -0.114. The molecular weight excluding hydrogens is 332 g/mol. The fourth-order valence-corrected chi connectivity index (χ4v) is 2.89. The van der Waals surface area contributed by atoms with E-state index in [4.69, 9.17) is 0 Å². The van der Waals surface area contributed by atoms with Gasteiger partial charge in [0, 0.05) is 23.6 Å². The Hall–Kier alpha value is -3.41. The third-order valence-corrected chi connectivity index (χ3v) is 4.35. The van der Waals surface area contributed by atoms with Crippen molar-refractivity contribution in [3.8, 4) is 17.0 Å². The molecule has 0 radical (unpaired) electrons. The van der Waals surface area contributed by atoms with E-state index in [0.29, 0.717) is 22.2 Å². The van der Waals surface area contributed by atoms with E-state index in [0.717, 1.165) is 11.1 Å². The molecule has 132 valence electrons. The number of nitrogens with zero attached hydrogens (tertiary/aromatic N) is 1. The maximum atomic E-state index is 11.8. The third-order valence-electron chi connectivity index (χ3n) is 4.35. The summed E-state index contributed by atoms with van der Waals surface area (Å²) in [5.74, 6) is -1.78. The van der Waals surface area contributed by atoms with Crippen LogP contribution in [0.2, 0.25) is 0 Å². The maximum absolute atomic E-state index is 11.8. The van der Waals surface area contributed by atoms with Crippen LogP contribution in [-0.4, -0.2) is 27.1 Å². The number of benzene rings is 2. The van der Waals surface area contributed by atoms with E-state index < -0.39 is 5.97 Å². The highest BCUT2D eigenvalue weighted by molar-refractivity contribution is 6.08. The molecule has 3 aromatic rings. The zero-order valence-corrected chi connectivity index (χ0v) is 14.6. The van der Waals surface area contributed by atoms with Crippen molar-refractivity contribution in [1.82, 2.24) is 4.98 Å². The van der Waals surface area contributed by atoms with Gasteiger partial charge in [0.25, 0.3) is 0 Å². The average Bonchev–Trinajstić information content (AvgIpc) is 2.58. The smallest absolute Gasteiger partial charge is 0.340 e. The Kier molecular flexibility index (Phi) is 4.34. The Labute approximate surface area is 150 Å². The summed E-state index contributed by atoms with van der Waals surface area (Å²) in [5.41, 5.74) is 3.58. The molecule has 0 saturated carbocycles. The lowest BCUT2D eigenvalue weighted by atomic mass is 9.98. The Morgan fingerprint density at radius 2 is 1.69 bits per heavy atom. The number of fused-ring (bicyclic) bond motifs is 1. The highest BCUT2D eigenvalue weighted by Gasteiger charge is 2.22. The van der Waals surface area contributed by atoms with Gasteiger partial charge >= 0.3 is 5.97 Å². The number of anilines is 1. The van der Waals surface area contributed by atoms with Crippen molar-refractivity contribution in [2.24, 2.45) is 0 Å². The number of hydrogen-bond donors (Lipinski definition) is 3. The van der Waals surface area contributed by atoms with Gasteiger partial charge in [-0.15, -0.1) is 0 Å². The van der Waals surface area contributed by atoms with Crippen LogP contribution in [0.4, 0.5) is 5.69 Å². The Morgan fingerprint density at radius 1 is 1.04 bits per heavy atom. The quantitative estimate of drug-likeness (QED) is 0.666. The third kappa shape index (κ3) is 2.97. The van der Waals surface area contributed by atoms with Crippen LogP contribution in [0, 0.1) is 13.8 Å². The minimum atomic E-state index is -1.21. The molecule has 6 heteroatoms. The van der Waals surface area contributed by atoms with Crippen LogP contribution in [0.15, 0.2) is 36.4 Å². The predicted octanol–water partition coefficient (Wildman–Crippen LogP) is 3.88. The van der Waals surface area contributed by atoms with Crippen LogP contribution in [0.5, 0.6) is 5.75 Å². The first kappa shape index (κ1) is 17.4. The van der Waals surface area contributed by atoms with E-state index in [1.807, 2.05) is 19.9 Å². The molecule has 0 aliphatic carbocycles. The Balaban J connectivity index is 2.26. The van der Waals surface area contributed by atoms with Gasteiger partial charge in [-0.25, -0.2) is 9.78 Å². The van der Waals surface area contributed by atoms with Crippen molar-refractivity contribution in [3.05, 3.63) is 53.1 Å². The number of aromatic nitrogens is 1. The molecule has 26 heavy (non-hydrogen) atoms. The molecular formula is C20H18N2O4. The summed E-state index contributed by atoms with van der Waals surface area (Å²) in [5, 5.41) is 23.2. The molecule has 6 nitrogen and oxygen atoms in total. The van der Waals surface area contributed by atoms with Crippen molar-refractivity contribution < 1.29 is 19.8 Å². The Bertz CT molecular complexity index is 1040. The van der Waals surface area contributed by atoms with Crippen LogP contribution < -0.4 is 5.32 Å². The highest BCUT2D eigenvalue weighted by atomic mass is 16.4. The summed E-state index contributed by atoms with van der Waals surface area (Å²) in [6, 6.07) is 10.2. The van der Waals surface area contributed by atoms with Crippen LogP contribution >= 0.6 is 0 Å². The topological polar surface area (TPSA) is 99.5 Å². The first-order chi connectivity index (χ1) is 12.3. The molecule has 2 aromatic carbocycles. The molecule has 1 aromatic heterocycles. The summed E-state index contributed by atoms with van der Waals surface area (Å²) >= 11 is 0. The second-order valence-electron chi connectivity index (χ2n) is 6.15. The Morgan fingerprint density at radius 3 is 2.27 bits per heavy atom. The molecule has 1 amide bonds. The number of pyridine rings is 1. The van der Waals surface area contributed by atoms with Gasteiger partial charge in [0.1, 0.15) is 11.3 Å². The summed E-state index contributed by atoms with van der Waals surface area (Å²) in [7, 11) is 0. The predicted molar refractivity (Wildman–Crippen MR) is 99.6 cm³/mol. The molecule has 3 rings (SSSR count). The van der Waals surface area contributed by atoms with Crippen LogP contribution in [0.25, 0.3) is 22.2 Å². The second-order valence-corrected chi connectivity index (χ2v) is 6.15. The minimum Gasteiger partial charge on any atom is -0.505 e. The fourth-order valence-electron chi connectivity index (χ4n) is 2.89. The average molecular weight is 350 g/mol. The molecule has 0 aliphatic rings. The number of carboxylic acid groups (broad SMARTS) is 1. The number of carboxylic acids is 1. The highest BCUT2D eigenvalue weighted by Crippen LogP contribution is 2.37. The number of carbonyl (C=O) groups is 2. The first-order valence-corrected chi connectivity index (χ1v) is 8.03. The van der Waals surface area contributed by atoms with Gasteiger partial charge in [0.15, 0.2) is 5.75 Å². The van der Waals surface area contributed by atoms with E-state index in [2.05, 4.69) is 10.3 Å². The number of aromatic carboxylic acids is 1. The van der Waals surface area contributed by atoms with Gasteiger partial charge in [0.05, 0.1) is 5.52 Å². The lowest BCUT2D eigenvalue weighted by Gasteiger charge is -2.13. The van der Waals surface area contributed by atoms with Gasteiger partial charge in [-0.05, 0) is 37.1 Å². The fraction of sp³-hybridized carbons (Fsp3) is 0.150. The van der Waals surface area contributed by atoms with Crippen molar-refractivity contribution in [1.29, 1.82) is 0 Å². The molecule has 0 atom stereocenters. The molecule has 3 N–H and O–H groups in total. The van der Waals surface area contributed by atoms with Gasteiger partial charge in [-0.2, -0.15) is 0 Å². The number of hydrogen-bond acceptors (Lipinski definition) is 4. The molecule has 0 saturated heterocycles. The summed E-state index contributed by atoms with van der Waals surface area (Å²) in [4.78, 5) is 27.4. The molecule has 1 heterocycles. The monoisotopic (exact) mass is 350 g/mol. The van der Waals surface area contributed by atoms with Crippen molar-refractivity contribution in [3.63, 3.8) is 0 Å². The van der Waals surface area contributed by atoms with E-state index in [-0.39, 0.29) is 22.9 Å². The van der Waals surface area contributed by atoms with Gasteiger partial charge < -0.3 is 15.5 Å². The van der Waals surface area contributed by atoms with Crippen LogP contribution in [0.1, 0.15) is 28.4 Å². The van der Waals surface area contributed by atoms with Gasteiger partial charge in [0.2, 0.25) is 5.91 Å². The van der Waals surface area contributed by atoms with Crippen LogP contribution in [0.3, 0.4) is 0 Å². The summed E-state index contributed by atoms with van der Waals surface area (Å²) < 4.78 is 0. The zero-order chi connectivity index (χ0) is 19.0. The first-order valence-electron chi connectivity index (χ1n) is 8.03. The second kappa shape index (κ2) is 6.48. The van der Waals surface area contributed by atoms with Crippen molar-refractivity contribution >= 4 is 28.5 Å². The number of amides is 1. The van der Waals surface area contributed by atoms with Crippen LogP contribution in [-0.2, 0) is 4.79 Å². The van der Waals surface area contributed by atoms with E-state index in [1.54, 1.807) is 30.3 Å². The molecule has 0 bridgehead atoms. The van der Waals surface area contributed by atoms with Gasteiger partial charge in [-0.1, -0.05) is 24.3 Å². The lowest BCUT2D eigenvalue weighted by Crippen LogP contribution is -2.05. The van der Waals surface area contributed by atoms with Crippen molar-refractivity contribution in [2.75, 3.05) is 5.32 Å². The van der Waals surface area contributed by atoms with E-state index in [9.17, 15) is 19.8 Å². The summed E-state index contributed by atoms with van der Waals surface area (Å²) in [6.07, 6.45) is 0. The van der Waals surface area contributed by atoms with E-state index >= 15 is 0 Å². The normalized spacial score (nSPS) is 10.7. The van der Waals surface area contributed by atoms with Gasteiger partial charge in [-0.3, -0.25) is 4.79 Å². The number of nitrogens with one attached hydrogen (secondary N) is 1. The summed E-state index contributed by atoms with van der Waals surface area (Å²) in [6.45, 7) is 5.21. The maximum Gasteiger partial charge on any atom is 0.340 e. The SMILES string of the molecule is CC(=O)Nc1ccc(-c2nc3c(C)c(C)ccc3c(C(=O)O)c2O)cc1. The molecule has 0 fully saturated rings.